The van der Waals surface area contributed by atoms with E-state index in [1.54, 1.807) is 20.1 Å². The van der Waals surface area contributed by atoms with Crippen molar-refractivity contribution in [1.29, 1.82) is 0 Å². The molecule has 1 atom stereocenters. The smallest absolute Gasteiger partial charge is 0.303 e. The SMILES string of the molecule is CCC(=O)O.C\C=C/C(CC)=C(C)/C=C1\C(=O)Nc2cccc(C#CC(O)c3ccc(C)c(OC)c3)c21. The first-order chi connectivity index (χ1) is 17.7. The van der Waals surface area contributed by atoms with E-state index in [2.05, 4.69) is 30.2 Å². The molecule has 0 aliphatic carbocycles. The van der Waals surface area contributed by atoms with Gasteiger partial charge in [0.05, 0.1) is 18.4 Å². The topological polar surface area (TPSA) is 95.9 Å². The minimum atomic E-state index is -0.971. The summed E-state index contributed by atoms with van der Waals surface area (Å²) in [5.41, 5.74) is 6.66. The van der Waals surface area contributed by atoms with Gasteiger partial charge in [0.15, 0.2) is 0 Å². The number of rotatable bonds is 6. The number of benzene rings is 2. The van der Waals surface area contributed by atoms with Crippen LogP contribution >= 0.6 is 0 Å². The Kier molecular flexibility index (Phi) is 10.9. The Morgan fingerprint density at radius 1 is 1.19 bits per heavy atom. The summed E-state index contributed by atoms with van der Waals surface area (Å²) in [5, 5.41) is 21.3. The van der Waals surface area contributed by atoms with E-state index in [1.165, 1.54) is 5.57 Å². The van der Waals surface area contributed by atoms with Crippen LogP contribution in [0.3, 0.4) is 0 Å². The summed E-state index contributed by atoms with van der Waals surface area (Å²) in [6.45, 7) is 9.64. The molecule has 2 aromatic carbocycles. The lowest BCUT2D eigenvalue weighted by Gasteiger charge is -2.09. The van der Waals surface area contributed by atoms with Crippen molar-refractivity contribution in [2.75, 3.05) is 12.4 Å². The molecular weight excluding hydrogens is 466 g/mol. The molecule has 6 nitrogen and oxygen atoms in total. The molecule has 1 aliphatic heterocycles. The van der Waals surface area contributed by atoms with Gasteiger partial charge in [-0.05, 0) is 73.7 Å². The number of aliphatic carboxylic acids is 1. The summed E-state index contributed by atoms with van der Waals surface area (Å²) in [5.74, 6) is 5.82. The molecule has 194 valence electrons. The second kappa shape index (κ2) is 13.9. The Balaban J connectivity index is 0.000000877. The maximum atomic E-state index is 12.7. The maximum absolute atomic E-state index is 12.7. The zero-order valence-electron chi connectivity index (χ0n) is 22.3. The Morgan fingerprint density at radius 2 is 1.89 bits per heavy atom. The zero-order chi connectivity index (χ0) is 27.5. The van der Waals surface area contributed by atoms with E-state index in [0.717, 1.165) is 28.8 Å². The average Bonchev–Trinajstić information content (AvgIpc) is 3.21. The number of allylic oxidation sites excluding steroid dienone is 5. The number of methoxy groups -OCH3 is 1. The van der Waals surface area contributed by atoms with Gasteiger partial charge >= 0.3 is 5.97 Å². The van der Waals surface area contributed by atoms with Crippen LogP contribution in [0.5, 0.6) is 5.75 Å². The third kappa shape index (κ3) is 7.70. The van der Waals surface area contributed by atoms with Gasteiger partial charge in [-0.15, -0.1) is 0 Å². The third-order valence-corrected chi connectivity index (χ3v) is 5.84. The van der Waals surface area contributed by atoms with E-state index in [4.69, 9.17) is 9.84 Å². The monoisotopic (exact) mass is 501 g/mol. The summed E-state index contributed by atoms with van der Waals surface area (Å²) < 4.78 is 5.35. The van der Waals surface area contributed by atoms with Crippen LogP contribution in [0.1, 0.15) is 68.9 Å². The minimum absolute atomic E-state index is 0.145. The fourth-order valence-corrected chi connectivity index (χ4v) is 3.77. The van der Waals surface area contributed by atoms with E-state index >= 15 is 0 Å². The van der Waals surface area contributed by atoms with Crippen LogP contribution < -0.4 is 10.1 Å². The molecule has 1 amide bonds. The molecule has 6 heteroatoms. The standard InChI is InChI=1S/C28H29NO3.C3H6O2/c1-6-9-20(7-2)19(4)16-23-27-21(10-8-11-24(27)29-28(23)31)14-15-25(30)22-13-12-18(3)26(17-22)32-5;1-2-3(4)5/h6,8-13,16-17,25,30H,7H2,1-5H3,(H,29,31);2H2,1H3,(H,4,5)/b9-6-,20-19+,23-16-;. The molecule has 3 rings (SSSR count). The fourth-order valence-electron chi connectivity index (χ4n) is 3.77. The lowest BCUT2D eigenvalue weighted by molar-refractivity contribution is -0.136. The molecule has 0 aromatic heterocycles. The molecule has 1 unspecified atom stereocenters. The van der Waals surface area contributed by atoms with Crippen molar-refractivity contribution >= 4 is 23.1 Å². The van der Waals surface area contributed by atoms with Gasteiger partial charge in [-0.3, -0.25) is 9.59 Å². The molecule has 2 aromatic rings. The molecule has 1 aliphatic rings. The van der Waals surface area contributed by atoms with Crippen molar-refractivity contribution in [2.24, 2.45) is 0 Å². The van der Waals surface area contributed by atoms with Gasteiger partial charge in [0.1, 0.15) is 11.9 Å². The van der Waals surface area contributed by atoms with Gasteiger partial charge in [0.2, 0.25) is 0 Å². The fraction of sp³-hybridized carbons (Fsp3) is 0.290. The van der Waals surface area contributed by atoms with Crippen LogP contribution in [0.25, 0.3) is 5.57 Å². The highest BCUT2D eigenvalue weighted by atomic mass is 16.5. The second-order valence-electron chi connectivity index (χ2n) is 8.45. The number of hydrogen-bond acceptors (Lipinski definition) is 4. The molecular formula is C31H35NO5. The number of ether oxygens (including phenoxy) is 1. The van der Waals surface area contributed by atoms with E-state index in [1.807, 2.05) is 63.3 Å². The summed E-state index contributed by atoms with van der Waals surface area (Å²) in [7, 11) is 1.60. The van der Waals surface area contributed by atoms with Crippen molar-refractivity contribution in [3.8, 4) is 17.6 Å². The molecule has 3 N–H and O–H groups in total. The Labute approximate surface area is 219 Å². The van der Waals surface area contributed by atoms with Crippen LogP contribution in [0, 0.1) is 18.8 Å². The van der Waals surface area contributed by atoms with Crippen molar-refractivity contribution in [2.45, 2.75) is 53.6 Å². The number of hydrogen-bond donors (Lipinski definition) is 3. The Bertz CT molecular complexity index is 1300. The number of nitrogens with one attached hydrogen (secondary N) is 1. The predicted octanol–water partition coefficient (Wildman–Crippen LogP) is 6.21. The van der Waals surface area contributed by atoms with Gasteiger partial charge in [-0.1, -0.05) is 56.0 Å². The normalized spacial score (nSPS) is 14.6. The van der Waals surface area contributed by atoms with Crippen LogP contribution in [-0.4, -0.2) is 29.2 Å². The number of fused-ring (bicyclic) bond motifs is 1. The van der Waals surface area contributed by atoms with Crippen LogP contribution in [0.2, 0.25) is 0 Å². The van der Waals surface area contributed by atoms with Crippen molar-refractivity contribution < 1.29 is 24.5 Å². The quantitative estimate of drug-likeness (QED) is 0.249. The van der Waals surface area contributed by atoms with Crippen LogP contribution in [0.15, 0.2) is 65.8 Å². The molecule has 0 bridgehead atoms. The van der Waals surface area contributed by atoms with E-state index in [9.17, 15) is 14.7 Å². The summed E-state index contributed by atoms with van der Waals surface area (Å²) in [6.07, 6.45) is 6.12. The number of aryl methyl sites for hydroxylation is 1. The zero-order valence-corrected chi connectivity index (χ0v) is 22.3. The molecule has 0 fully saturated rings. The molecule has 0 spiro atoms. The first-order valence-corrected chi connectivity index (χ1v) is 12.2. The number of amides is 1. The minimum Gasteiger partial charge on any atom is -0.496 e. The number of anilines is 1. The summed E-state index contributed by atoms with van der Waals surface area (Å²) >= 11 is 0. The van der Waals surface area contributed by atoms with Gasteiger partial charge in [0.25, 0.3) is 5.91 Å². The van der Waals surface area contributed by atoms with Gasteiger partial charge in [-0.25, -0.2) is 0 Å². The maximum Gasteiger partial charge on any atom is 0.303 e. The van der Waals surface area contributed by atoms with Crippen molar-refractivity contribution in [3.05, 3.63) is 88.0 Å². The number of carbonyl (C=O) groups is 2. The number of carboxylic acids is 1. The molecule has 1 heterocycles. The predicted molar refractivity (Wildman–Crippen MR) is 148 cm³/mol. The van der Waals surface area contributed by atoms with Gasteiger partial charge < -0.3 is 20.3 Å². The average molecular weight is 502 g/mol. The first kappa shape index (κ1) is 29.2. The van der Waals surface area contributed by atoms with Crippen molar-refractivity contribution in [3.63, 3.8) is 0 Å². The van der Waals surface area contributed by atoms with Crippen molar-refractivity contribution in [1.82, 2.24) is 0 Å². The second-order valence-corrected chi connectivity index (χ2v) is 8.45. The Hall–Kier alpha value is -4.08. The third-order valence-electron chi connectivity index (χ3n) is 5.84. The number of aliphatic hydroxyl groups is 1. The van der Waals surface area contributed by atoms with Gasteiger partial charge in [-0.2, -0.15) is 0 Å². The molecule has 0 saturated carbocycles. The van der Waals surface area contributed by atoms with Gasteiger partial charge in [0, 0.05) is 17.5 Å². The first-order valence-electron chi connectivity index (χ1n) is 12.2. The number of carbonyl (C=O) groups excluding carboxylic acids is 1. The number of carboxylic acid groups (broad SMARTS) is 1. The summed E-state index contributed by atoms with van der Waals surface area (Å²) in [6, 6.07) is 11.1. The lowest BCUT2D eigenvalue weighted by Crippen LogP contribution is -2.04. The largest absolute Gasteiger partial charge is 0.496 e. The molecule has 0 saturated heterocycles. The van der Waals surface area contributed by atoms with Crippen LogP contribution in [-0.2, 0) is 9.59 Å². The van der Waals surface area contributed by atoms with E-state index < -0.39 is 12.1 Å². The summed E-state index contributed by atoms with van der Waals surface area (Å²) in [4.78, 5) is 22.1. The molecule has 0 radical (unpaired) electrons. The molecule has 37 heavy (non-hydrogen) atoms. The van der Waals surface area contributed by atoms with E-state index in [0.29, 0.717) is 22.4 Å². The lowest BCUT2D eigenvalue weighted by atomic mass is 9.96. The van der Waals surface area contributed by atoms with E-state index in [-0.39, 0.29) is 12.3 Å². The Morgan fingerprint density at radius 3 is 2.49 bits per heavy atom. The number of aliphatic hydroxyl groups excluding tert-OH is 1. The highest BCUT2D eigenvalue weighted by molar-refractivity contribution is 6.32. The highest BCUT2D eigenvalue weighted by Crippen LogP contribution is 2.35. The van der Waals surface area contributed by atoms with Crippen LogP contribution in [0.4, 0.5) is 5.69 Å². The highest BCUT2D eigenvalue weighted by Gasteiger charge is 2.26.